The second-order valence-electron chi connectivity index (χ2n) is 10.8. The summed E-state index contributed by atoms with van der Waals surface area (Å²) in [6.45, 7) is 7.28. The molecule has 2 aromatic rings. The second kappa shape index (κ2) is 8.38. The number of rotatable bonds is 5. The molecule has 0 unspecified atom stereocenters. The van der Waals surface area contributed by atoms with Crippen molar-refractivity contribution in [3.63, 3.8) is 0 Å². The first-order valence-corrected chi connectivity index (χ1v) is 11.7. The van der Waals surface area contributed by atoms with Crippen molar-refractivity contribution < 1.29 is 14.3 Å². The van der Waals surface area contributed by atoms with Crippen molar-refractivity contribution in [1.29, 1.82) is 0 Å². The minimum Gasteiger partial charge on any atom is -0.469 e. The van der Waals surface area contributed by atoms with Crippen molar-refractivity contribution in [3.8, 4) is 11.1 Å². The molecule has 4 nitrogen and oxygen atoms in total. The van der Waals surface area contributed by atoms with Crippen molar-refractivity contribution in [1.82, 2.24) is 5.32 Å². The molecule has 32 heavy (non-hydrogen) atoms. The van der Waals surface area contributed by atoms with Crippen molar-refractivity contribution in [3.05, 3.63) is 59.7 Å². The van der Waals surface area contributed by atoms with Crippen LogP contribution in [0.15, 0.2) is 48.5 Å². The molecule has 3 fully saturated rings. The Labute approximate surface area is 191 Å². The third kappa shape index (κ3) is 4.20. The summed E-state index contributed by atoms with van der Waals surface area (Å²) in [7, 11) is 1.49. The Morgan fingerprint density at radius 3 is 2.06 bits per heavy atom. The van der Waals surface area contributed by atoms with Crippen LogP contribution in [0.1, 0.15) is 75.2 Å². The average molecular weight is 434 g/mol. The first-order chi connectivity index (χ1) is 15.2. The van der Waals surface area contributed by atoms with Gasteiger partial charge in [0.1, 0.15) is 0 Å². The predicted octanol–water partition coefficient (Wildman–Crippen LogP) is 5.89. The van der Waals surface area contributed by atoms with Crippen LogP contribution in [0, 0.1) is 10.8 Å². The standard InChI is InChI=1S/C28H35NO3/c1-26(2,3)21-11-9-20(10-12-21)22-7-5-6-8-23(22)24(30)29-19-27-13-16-28(17-14-27,18-15-27)25(31)32-4/h5-12H,13-19H2,1-4H3,(H,29,30). The topological polar surface area (TPSA) is 55.4 Å². The minimum absolute atomic E-state index is 0.0229. The molecule has 2 bridgehead atoms. The number of methoxy groups -OCH3 is 1. The molecule has 4 heteroatoms. The van der Waals surface area contributed by atoms with Crippen LogP contribution in [0.5, 0.6) is 0 Å². The molecule has 0 heterocycles. The molecule has 1 amide bonds. The summed E-state index contributed by atoms with van der Waals surface area (Å²) in [4.78, 5) is 25.5. The molecule has 0 spiro atoms. The summed E-state index contributed by atoms with van der Waals surface area (Å²) >= 11 is 0. The number of hydrogen-bond acceptors (Lipinski definition) is 3. The van der Waals surface area contributed by atoms with Gasteiger partial charge in [0, 0.05) is 12.1 Å². The molecule has 2 aromatic carbocycles. The van der Waals surface area contributed by atoms with Gasteiger partial charge in [-0.15, -0.1) is 0 Å². The van der Waals surface area contributed by atoms with Crippen LogP contribution in [-0.2, 0) is 14.9 Å². The minimum atomic E-state index is -0.285. The molecule has 0 radical (unpaired) electrons. The van der Waals surface area contributed by atoms with Gasteiger partial charge in [-0.3, -0.25) is 9.59 Å². The molecule has 0 aliphatic heterocycles. The van der Waals surface area contributed by atoms with E-state index in [-0.39, 0.29) is 28.1 Å². The third-order valence-corrected chi connectivity index (χ3v) is 7.88. The van der Waals surface area contributed by atoms with E-state index in [9.17, 15) is 9.59 Å². The molecule has 3 saturated carbocycles. The molecule has 5 rings (SSSR count). The van der Waals surface area contributed by atoms with Gasteiger partial charge in [-0.1, -0.05) is 63.2 Å². The Morgan fingerprint density at radius 2 is 1.50 bits per heavy atom. The van der Waals surface area contributed by atoms with Gasteiger partial charge in [0.2, 0.25) is 0 Å². The maximum absolute atomic E-state index is 13.2. The van der Waals surface area contributed by atoms with E-state index < -0.39 is 0 Å². The molecular weight excluding hydrogens is 398 g/mol. The van der Waals surface area contributed by atoms with E-state index in [1.807, 2.05) is 24.3 Å². The highest BCUT2D eigenvalue weighted by Crippen LogP contribution is 2.57. The first-order valence-electron chi connectivity index (χ1n) is 11.7. The van der Waals surface area contributed by atoms with Crippen LogP contribution in [0.2, 0.25) is 0 Å². The van der Waals surface area contributed by atoms with Crippen LogP contribution in [0.25, 0.3) is 11.1 Å². The zero-order valence-electron chi connectivity index (χ0n) is 19.8. The maximum atomic E-state index is 13.2. The molecule has 3 aliphatic rings. The van der Waals surface area contributed by atoms with Crippen molar-refractivity contribution >= 4 is 11.9 Å². The van der Waals surface area contributed by atoms with E-state index in [0.29, 0.717) is 12.1 Å². The summed E-state index contributed by atoms with van der Waals surface area (Å²) in [6.07, 6.45) is 5.51. The predicted molar refractivity (Wildman–Crippen MR) is 127 cm³/mol. The van der Waals surface area contributed by atoms with Gasteiger partial charge in [-0.2, -0.15) is 0 Å². The summed E-state index contributed by atoms with van der Waals surface area (Å²) in [5.74, 6) is -0.0773. The number of benzene rings is 2. The Bertz CT molecular complexity index is 976. The van der Waals surface area contributed by atoms with Gasteiger partial charge in [-0.25, -0.2) is 0 Å². The lowest BCUT2D eigenvalue weighted by Gasteiger charge is -2.51. The van der Waals surface area contributed by atoms with Crippen molar-refractivity contribution in [2.75, 3.05) is 13.7 Å². The van der Waals surface area contributed by atoms with Crippen LogP contribution >= 0.6 is 0 Å². The SMILES string of the molecule is COC(=O)C12CCC(CNC(=O)c3ccccc3-c3ccc(C(C)(C)C)cc3)(CC1)CC2. The zero-order chi connectivity index (χ0) is 23.0. The van der Waals surface area contributed by atoms with Gasteiger partial charge >= 0.3 is 5.97 Å². The number of carbonyl (C=O) groups is 2. The van der Waals surface area contributed by atoms with Crippen LogP contribution in [-0.4, -0.2) is 25.5 Å². The van der Waals surface area contributed by atoms with E-state index in [0.717, 1.165) is 49.7 Å². The van der Waals surface area contributed by atoms with Gasteiger partial charge in [0.25, 0.3) is 5.91 Å². The fourth-order valence-electron chi connectivity index (χ4n) is 5.50. The quantitative estimate of drug-likeness (QED) is 0.598. The van der Waals surface area contributed by atoms with Crippen LogP contribution in [0.4, 0.5) is 0 Å². The van der Waals surface area contributed by atoms with Crippen LogP contribution < -0.4 is 5.32 Å². The van der Waals surface area contributed by atoms with Gasteiger partial charge < -0.3 is 10.1 Å². The zero-order valence-corrected chi connectivity index (χ0v) is 19.8. The van der Waals surface area contributed by atoms with E-state index in [4.69, 9.17) is 4.74 Å². The van der Waals surface area contributed by atoms with E-state index in [2.05, 4.69) is 50.4 Å². The lowest BCUT2D eigenvalue weighted by Crippen LogP contribution is -2.50. The lowest BCUT2D eigenvalue weighted by molar-refractivity contribution is -0.162. The lowest BCUT2D eigenvalue weighted by atomic mass is 9.53. The number of ether oxygens (including phenoxy) is 1. The summed E-state index contributed by atoms with van der Waals surface area (Å²) in [5.41, 5.74) is 3.92. The highest BCUT2D eigenvalue weighted by molar-refractivity contribution is 6.00. The molecule has 0 atom stereocenters. The Kier molecular flexibility index (Phi) is 5.91. The Balaban J connectivity index is 1.46. The van der Waals surface area contributed by atoms with Crippen molar-refractivity contribution in [2.45, 2.75) is 64.7 Å². The molecular formula is C28H35NO3. The molecule has 1 N–H and O–H groups in total. The number of amides is 1. The van der Waals surface area contributed by atoms with E-state index in [1.165, 1.54) is 12.7 Å². The summed E-state index contributed by atoms with van der Waals surface area (Å²) in [6, 6.07) is 16.4. The fourth-order valence-corrected chi connectivity index (χ4v) is 5.50. The molecule has 0 saturated heterocycles. The number of hydrogen-bond donors (Lipinski definition) is 1. The Hall–Kier alpha value is -2.62. The average Bonchev–Trinajstić information content (AvgIpc) is 2.83. The Morgan fingerprint density at radius 1 is 0.906 bits per heavy atom. The number of carbonyl (C=O) groups excluding carboxylic acids is 2. The maximum Gasteiger partial charge on any atom is 0.311 e. The van der Waals surface area contributed by atoms with Gasteiger partial charge in [-0.05, 0) is 72.1 Å². The molecule has 3 aliphatic carbocycles. The highest BCUT2D eigenvalue weighted by Gasteiger charge is 2.53. The van der Waals surface area contributed by atoms with Crippen molar-refractivity contribution in [2.24, 2.45) is 10.8 Å². The molecule has 0 aromatic heterocycles. The summed E-state index contributed by atoms with van der Waals surface area (Å²) < 4.78 is 5.07. The normalized spacial score (nSPS) is 24.8. The molecule has 170 valence electrons. The largest absolute Gasteiger partial charge is 0.469 e. The second-order valence-corrected chi connectivity index (χ2v) is 10.8. The number of nitrogens with one attached hydrogen (secondary N) is 1. The van der Waals surface area contributed by atoms with Gasteiger partial charge in [0.05, 0.1) is 12.5 Å². The fraction of sp³-hybridized carbons (Fsp3) is 0.500. The van der Waals surface area contributed by atoms with E-state index >= 15 is 0 Å². The highest BCUT2D eigenvalue weighted by atomic mass is 16.5. The van der Waals surface area contributed by atoms with E-state index in [1.54, 1.807) is 0 Å². The third-order valence-electron chi connectivity index (χ3n) is 7.88. The number of fused-ring (bicyclic) bond motifs is 3. The van der Waals surface area contributed by atoms with Crippen LogP contribution in [0.3, 0.4) is 0 Å². The summed E-state index contributed by atoms with van der Waals surface area (Å²) in [5, 5.41) is 3.23. The number of esters is 1. The monoisotopic (exact) mass is 433 g/mol. The first kappa shape index (κ1) is 22.6. The van der Waals surface area contributed by atoms with Gasteiger partial charge in [0.15, 0.2) is 0 Å². The smallest absolute Gasteiger partial charge is 0.311 e.